The predicted octanol–water partition coefficient (Wildman–Crippen LogP) is 2.32. The van der Waals surface area contributed by atoms with Crippen molar-refractivity contribution in [3.05, 3.63) is 63.4 Å². The topological polar surface area (TPSA) is 120 Å². The van der Waals surface area contributed by atoms with Crippen molar-refractivity contribution in [3.8, 4) is 0 Å². The number of nitrogens with zero attached hydrogens (tertiary/aromatic N) is 3. The summed E-state index contributed by atoms with van der Waals surface area (Å²) in [5.74, 6) is -0.798. The Labute approximate surface area is 141 Å². The van der Waals surface area contributed by atoms with Crippen LogP contribution in [0.4, 0.5) is 11.4 Å². The van der Waals surface area contributed by atoms with Crippen LogP contribution >= 0.6 is 0 Å². The first-order valence-electron chi connectivity index (χ1n) is 7.52. The van der Waals surface area contributed by atoms with E-state index in [2.05, 4.69) is 10.3 Å². The van der Waals surface area contributed by atoms with Crippen LogP contribution in [0.15, 0.2) is 51.9 Å². The van der Waals surface area contributed by atoms with Gasteiger partial charge in [0, 0.05) is 25.2 Å². The molecule has 1 amide bonds. The highest BCUT2D eigenvalue weighted by atomic mass is 16.6. The van der Waals surface area contributed by atoms with Gasteiger partial charge in [0.05, 0.1) is 28.4 Å². The number of nitrogens with one attached hydrogen (secondary N) is 1. The van der Waals surface area contributed by atoms with E-state index in [1.807, 2.05) is 0 Å². The normalized spacial score (nSPS) is 10.7. The minimum absolute atomic E-state index is 0.149. The summed E-state index contributed by atoms with van der Waals surface area (Å²) in [7, 11) is 0. The number of carbonyl (C=O) groups is 1. The van der Waals surface area contributed by atoms with Crippen LogP contribution in [0, 0.1) is 10.1 Å². The number of amides is 1. The summed E-state index contributed by atoms with van der Waals surface area (Å²) in [5.41, 5.74) is 1.07. The fourth-order valence-corrected chi connectivity index (χ4v) is 2.44. The maximum Gasteiger partial charge on any atom is 0.419 e. The number of rotatable bonds is 6. The summed E-state index contributed by atoms with van der Waals surface area (Å²) in [6.07, 6.45) is 3.77. The van der Waals surface area contributed by atoms with E-state index in [0.717, 1.165) is 0 Å². The lowest BCUT2D eigenvalue weighted by molar-refractivity contribution is -0.384. The summed E-state index contributed by atoms with van der Waals surface area (Å²) in [6.45, 7) is 0.268. The zero-order valence-corrected chi connectivity index (χ0v) is 13.0. The van der Waals surface area contributed by atoms with Crippen molar-refractivity contribution in [2.45, 2.75) is 19.4 Å². The molecule has 0 atom stereocenters. The molecule has 0 unspecified atom stereocenters. The number of nitro groups is 1. The number of fused-ring (bicyclic) bond motifs is 1. The molecule has 9 heteroatoms. The van der Waals surface area contributed by atoms with Crippen molar-refractivity contribution in [1.29, 1.82) is 0 Å². The SMILES string of the molecule is O=C(CCCn1c(=O)oc2cc([N+](=O)[O-])ccc21)Nc1cccnc1. The minimum Gasteiger partial charge on any atom is -0.407 e. The Morgan fingerprint density at radius 1 is 1.36 bits per heavy atom. The van der Waals surface area contributed by atoms with Crippen LogP contribution in [0.2, 0.25) is 0 Å². The Morgan fingerprint density at radius 2 is 2.20 bits per heavy atom. The zero-order valence-electron chi connectivity index (χ0n) is 13.0. The molecular formula is C16H14N4O5. The Bertz CT molecular complexity index is 977. The molecule has 2 aromatic heterocycles. The highest BCUT2D eigenvalue weighted by molar-refractivity contribution is 5.90. The van der Waals surface area contributed by atoms with Gasteiger partial charge in [0.15, 0.2) is 5.58 Å². The minimum atomic E-state index is -0.608. The van der Waals surface area contributed by atoms with E-state index in [-0.39, 0.29) is 30.1 Å². The second-order valence-electron chi connectivity index (χ2n) is 5.32. The fourth-order valence-electron chi connectivity index (χ4n) is 2.44. The van der Waals surface area contributed by atoms with Gasteiger partial charge in [-0.25, -0.2) is 4.79 Å². The highest BCUT2D eigenvalue weighted by Crippen LogP contribution is 2.20. The van der Waals surface area contributed by atoms with Gasteiger partial charge >= 0.3 is 5.76 Å². The number of aromatic nitrogens is 2. The molecule has 0 saturated carbocycles. The number of oxazole rings is 1. The average molecular weight is 342 g/mol. The zero-order chi connectivity index (χ0) is 17.8. The number of non-ortho nitro benzene ring substituents is 1. The first-order valence-corrected chi connectivity index (χ1v) is 7.52. The molecule has 2 heterocycles. The predicted molar refractivity (Wildman–Crippen MR) is 89.2 cm³/mol. The molecule has 0 bridgehead atoms. The number of benzene rings is 1. The largest absolute Gasteiger partial charge is 0.419 e. The van der Waals surface area contributed by atoms with Crippen LogP contribution in [-0.2, 0) is 11.3 Å². The lowest BCUT2D eigenvalue weighted by Gasteiger charge is -2.05. The van der Waals surface area contributed by atoms with Gasteiger partial charge in [0.25, 0.3) is 5.69 Å². The Kier molecular flexibility index (Phi) is 4.55. The van der Waals surface area contributed by atoms with Crippen LogP contribution in [-0.4, -0.2) is 20.4 Å². The van der Waals surface area contributed by atoms with Gasteiger partial charge < -0.3 is 9.73 Å². The van der Waals surface area contributed by atoms with Crippen LogP contribution < -0.4 is 11.1 Å². The van der Waals surface area contributed by atoms with Gasteiger partial charge in [-0.05, 0) is 24.6 Å². The summed E-state index contributed by atoms with van der Waals surface area (Å²) in [5, 5.41) is 13.5. The number of carbonyl (C=O) groups excluding carboxylic acids is 1. The monoisotopic (exact) mass is 342 g/mol. The van der Waals surface area contributed by atoms with Gasteiger partial charge in [0.2, 0.25) is 5.91 Å². The third-order valence-electron chi connectivity index (χ3n) is 3.59. The highest BCUT2D eigenvalue weighted by Gasteiger charge is 2.14. The van der Waals surface area contributed by atoms with Gasteiger partial charge in [-0.2, -0.15) is 0 Å². The summed E-state index contributed by atoms with van der Waals surface area (Å²) in [6, 6.07) is 7.43. The summed E-state index contributed by atoms with van der Waals surface area (Å²) in [4.78, 5) is 37.9. The maximum absolute atomic E-state index is 11.9. The van der Waals surface area contributed by atoms with Gasteiger partial charge in [-0.15, -0.1) is 0 Å². The lowest BCUT2D eigenvalue weighted by Crippen LogP contribution is -2.17. The number of pyridine rings is 1. The Morgan fingerprint density at radius 3 is 2.92 bits per heavy atom. The number of anilines is 1. The Hall–Kier alpha value is -3.49. The van der Waals surface area contributed by atoms with Crippen LogP contribution in [0.3, 0.4) is 0 Å². The average Bonchev–Trinajstić information content (AvgIpc) is 2.90. The molecule has 0 aliphatic rings. The van der Waals surface area contributed by atoms with E-state index in [4.69, 9.17) is 4.42 Å². The van der Waals surface area contributed by atoms with E-state index in [1.54, 1.807) is 24.5 Å². The molecule has 25 heavy (non-hydrogen) atoms. The standard InChI is InChI=1S/C16H14N4O5/c21-15(18-11-3-1-7-17-10-11)4-2-8-19-13-6-5-12(20(23)24)9-14(13)25-16(19)22/h1,3,5-7,9-10H,2,4,8H2,(H,18,21). The number of hydrogen-bond acceptors (Lipinski definition) is 6. The van der Waals surface area contributed by atoms with Crippen molar-refractivity contribution < 1.29 is 14.1 Å². The first kappa shape index (κ1) is 16.4. The molecule has 0 spiro atoms. The van der Waals surface area contributed by atoms with E-state index >= 15 is 0 Å². The van der Waals surface area contributed by atoms with E-state index < -0.39 is 10.7 Å². The number of hydrogen-bond donors (Lipinski definition) is 1. The third-order valence-corrected chi connectivity index (χ3v) is 3.59. The Balaban J connectivity index is 1.65. The van der Waals surface area contributed by atoms with Crippen LogP contribution in [0.5, 0.6) is 0 Å². The molecule has 0 aliphatic heterocycles. The quantitative estimate of drug-likeness (QED) is 0.542. The van der Waals surface area contributed by atoms with Crippen molar-refractivity contribution in [1.82, 2.24) is 9.55 Å². The van der Waals surface area contributed by atoms with Gasteiger partial charge in [0.1, 0.15) is 0 Å². The third kappa shape index (κ3) is 3.71. The molecule has 1 N–H and O–H groups in total. The van der Waals surface area contributed by atoms with Crippen molar-refractivity contribution in [2.75, 3.05) is 5.32 Å². The number of nitro benzene ring substituents is 1. The fraction of sp³-hybridized carbons (Fsp3) is 0.188. The first-order chi connectivity index (χ1) is 12.0. The van der Waals surface area contributed by atoms with Crippen molar-refractivity contribution in [3.63, 3.8) is 0 Å². The molecule has 3 rings (SSSR count). The van der Waals surface area contributed by atoms with Gasteiger partial charge in [-0.1, -0.05) is 0 Å². The summed E-state index contributed by atoms with van der Waals surface area (Å²) < 4.78 is 6.39. The molecule has 128 valence electrons. The molecule has 0 radical (unpaired) electrons. The van der Waals surface area contributed by atoms with E-state index in [1.165, 1.54) is 22.8 Å². The van der Waals surface area contributed by atoms with E-state index in [0.29, 0.717) is 17.6 Å². The molecule has 0 aliphatic carbocycles. The molecular weight excluding hydrogens is 328 g/mol. The smallest absolute Gasteiger partial charge is 0.407 e. The molecule has 0 fully saturated rings. The summed E-state index contributed by atoms with van der Waals surface area (Å²) >= 11 is 0. The molecule has 3 aromatic rings. The molecule has 1 aromatic carbocycles. The molecule has 0 saturated heterocycles. The van der Waals surface area contributed by atoms with E-state index in [9.17, 15) is 19.7 Å². The molecule has 9 nitrogen and oxygen atoms in total. The van der Waals surface area contributed by atoms with Crippen LogP contribution in [0.1, 0.15) is 12.8 Å². The maximum atomic E-state index is 11.9. The van der Waals surface area contributed by atoms with Gasteiger partial charge in [-0.3, -0.25) is 24.5 Å². The van der Waals surface area contributed by atoms with Crippen LogP contribution in [0.25, 0.3) is 11.1 Å². The second-order valence-corrected chi connectivity index (χ2v) is 5.32. The second kappa shape index (κ2) is 6.95. The van der Waals surface area contributed by atoms with Crippen molar-refractivity contribution in [2.24, 2.45) is 0 Å². The lowest BCUT2D eigenvalue weighted by atomic mass is 10.2. The number of aryl methyl sites for hydroxylation is 1. The van der Waals surface area contributed by atoms with Crippen molar-refractivity contribution >= 4 is 28.4 Å².